The predicted molar refractivity (Wildman–Crippen MR) is 108 cm³/mol. The molecule has 1 aliphatic heterocycles. The molecule has 1 saturated heterocycles. The Kier molecular flexibility index (Phi) is 9.39. The van der Waals surface area contributed by atoms with Crippen molar-refractivity contribution in [2.75, 3.05) is 39.3 Å². The van der Waals surface area contributed by atoms with E-state index in [9.17, 15) is 9.59 Å². The standard InChI is InChI=1S/C20H24N2O5.CH2O2/c23-19(18-4-1-14-27-18)22-11-2-9-21(12-13-22)10-3-15-26-17-7-5-16(6-8-17)20(24)25;2-1-3/h1,4-8,14H,2-3,9-13,15H2,(H,24,25);1H,(H,2,3). The molecule has 0 bridgehead atoms. The Balaban J connectivity index is 0.00000101. The van der Waals surface area contributed by atoms with Gasteiger partial charge in [-0.2, -0.15) is 0 Å². The molecule has 0 saturated carbocycles. The van der Waals surface area contributed by atoms with Crippen molar-refractivity contribution in [1.82, 2.24) is 9.80 Å². The maximum atomic E-state index is 12.4. The summed E-state index contributed by atoms with van der Waals surface area (Å²) in [4.78, 5) is 35.7. The summed E-state index contributed by atoms with van der Waals surface area (Å²) in [6.07, 6.45) is 3.32. The van der Waals surface area contributed by atoms with Gasteiger partial charge in [-0.15, -0.1) is 0 Å². The van der Waals surface area contributed by atoms with Crippen LogP contribution in [0.15, 0.2) is 47.1 Å². The zero-order valence-corrected chi connectivity index (χ0v) is 16.6. The summed E-state index contributed by atoms with van der Waals surface area (Å²) in [5.74, 6) is 0.0779. The van der Waals surface area contributed by atoms with E-state index in [1.807, 2.05) is 4.90 Å². The molecule has 2 N–H and O–H groups in total. The van der Waals surface area contributed by atoms with Gasteiger partial charge in [0, 0.05) is 26.2 Å². The van der Waals surface area contributed by atoms with Crippen LogP contribution in [0.4, 0.5) is 0 Å². The summed E-state index contributed by atoms with van der Waals surface area (Å²) in [6, 6.07) is 9.85. The number of carbonyl (C=O) groups is 3. The third-order valence-electron chi connectivity index (χ3n) is 4.60. The van der Waals surface area contributed by atoms with E-state index in [1.54, 1.807) is 24.3 Å². The first-order valence-electron chi connectivity index (χ1n) is 9.64. The third kappa shape index (κ3) is 7.25. The molecule has 30 heavy (non-hydrogen) atoms. The number of carboxylic acids is 1. The first-order chi connectivity index (χ1) is 14.5. The molecule has 0 atom stereocenters. The van der Waals surface area contributed by atoms with Crippen LogP contribution in [0.5, 0.6) is 5.75 Å². The van der Waals surface area contributed by atoms with Crippen molar-refractivity contribution in [2.45, 2.75) is 12.8 Å². The number of ether oxygens (including phenoxy) is 1. The minimum atomic E-state index is -0.942. The molecule has 3 rings (SSSR count). The number of nitrogens with zero attached hydrogens (tertiary/aromatic N) is 2. The number of amides is 1. The Labute approximate surface area is 174 Å². The van der Waals surface area contributed by atoms with Crippen molar-refractivity contribution in [1.29, 1.82) is 0 Å². The monoisotopic (exact) mass is 418 g/mol. The van der Waals surface area contributed by atoms with Crippen LogP contribution in [0, 0.1) is 0 Å². The zero-order valence-electron chi connectivity index (χ0n) is 16.6. The maximum Gasteiger partial charge on any atom is 0.335 e. The van der Waals surface area contributed by atoms with Crippen LogP contribution >= 0.6 is 0 Å². The number of furan rings is 1. The first-order valence-corrected chi connectivity index (χ1v) is 9.64. The largest absolute Gasteiger partial charge is 0.494 e. The van der Waals surface area contributed by atoms with E-state index in [0.717, 1.165) is 39.0 Å². The minimum absolute atomic E-state index is 0.0463. The minimum Gasteiger partial charge on any atom is -0.494 e. The molecule has 9 nitrogen and oxygen atoms in total. The van der Waals surface area contributed by atoms with Crippen LogP contribution in [0.3, 0.4) is 0 Å². The Morgan fingerprint density at radius 2 is 1.83 bits per heavy atom. The molecule has 162 valence electrons. The summed E-state index contributed by atoms with van der Waals surface area (Å²) in [5, 5.41) is 15.8. The van der Waals surface area contributed by atoms with Gasteiger partial charge in [0.05, 0.1) is 18.4 Å². The molecule has 2 aromatic rings. The van der Waals surface area contributed by atoms with Crippen molar-refractivity contribution in [3.05, 3.63) is 54.0 Å². The average molecular weight is 418 g/mol. The van der Waals surface area contributed by atoms with Crippen molar-refractivity contribution in [2.24, 2.45) is 0 Å². The van der Waals surface area contributed by atoms with Gasteiger partial charge in [0.2, 0.25) is 0 Å². The Morgan fingerprint density at radius 3 is 2.47 bits per heavy atom. The van der Waals surface area contributed by atoms with Gasteiger partial charge in [-0.25, -0.2) is 4.79 Å². The van der Waals surface area contributed by atoms with E-state index < -0.39 is 5.97 Å². The summed E-state index contributed by atoms with van der Waals surface area (Å²) < 4.78 is 10.9. The second-order valence-electron chi connectivity index (χ2n) is 6.60. The number of carboxylic acid groups (broad SMARTS) is 2. The maximum absolute atomic E-state index is 12.4. The number of rotatable bonds is 7. The van der Waals surface area contributed by atoms with Gasteiger partial charge in [0.15, 0.2) is 5.76 Å². The quantitative estimate of drug-likeness (QED) is 0.519. The van der Waals surface area contributed by atoms with Crippen molar-refractivity contribution in [3.63, 3.8) is 0 Å². The fourth-order valence-corrected chi connectivity index (χ4v) is 3.13. The van der Waals surface area contributed by atoms with E-state index in [2.05, 4.69) is 4.90 Å². The van der Waals surface area contributed by atoms with Gasteiger partial charge >= 0.3 is 5.97 Å². The highest BCUT2D eigenvalue weighted by Gasteiger charge is 2.21. The van der Waals surface area contributed by atoms with Crippen molar-refractivity contribution >= 4 is 18.3 Å². The molecule has 1 aromatic carbocycles. The van der Waals surface area contributed by atoms with Crippen molar-refractivity contribution < 1.29 is 33.8 Å². The van der Waals surface area contributed by atoms with Gasteiger partial charge in [0.25, 0.3) is 12.4 Å². The number of hydrogen-bond acceptors (Lipinski definition) is 6. The van der Waals surface area contributed by atoms with Gasteiger partial charge in [-0.1, -0.05) is 0 Å². The molecule has 1 aromatic heterocycles. The Hall–Kier alpha value is -3.33. The highest BCUT2D eigenvalue weighted by molar-refractivity contribution is 5.91. The van der Waals surface area contributed by atoms with E-state index in [1.165, 1.54) is 18.4 Å². The topological polar surface area (TPSA) is 121 Å². The molecular weight excluding hydrogens is 392 g/mol. The SMILES string of the molecule is O=C(O)c1ccc(OCCCN2CCCN(C(=O)c3ccco3)CC2)cc1.O=CO. The average Bonchev–Trinajstić information content (AvgIpc) is 3.18. The molecule has 1 aliphatic rings. The summed E-state index contributed by atoms with van der Waals surface area (Å²) >= 11 is 0. The number of carbonyl (C=O) groups excluding carboxylic acids is 1. The second-order valence-corrected chi connectivity index (χ2v) is 6.60. The molecule has 0 spiro atoms. The van der Waals surface area contributed by atoms with E-state index in [0.29, 0.717) is 24.7 Å². The van der Waals surface area contributed by atoms with Crippen LogP contribution in [0.2, 0.25) is 0 Å². The van der Waals surface area contributed by atoms with Gasteiger partial charge in [-0.05, 0) is 55.8 Å². The second kappa shape index (κ2) is 12.3. The molecular formula is C21H26N2O7. The normalized spacial score (nSPS) is 14.2. The smallest absolute Gasteiger partial charge is 0.335 e. The van der Waals surface area contributed by atoms with Crippen LogP contribution in [-0.4, -0.2) is 77.7 Å². The Bertz CT molecular complexity index is 790. The lowest BCUT2D eigenvalue weighted by molar-refractivity contribution is -0.122. The van der Waals surface area contributed by atoms with Crippen molar-refractivity contribution in [3.8, 4) is 5.75 Å². The summed E-state index contributed by atoms with van der Waals surface area (Å²) in [5.41, 5.74) is 0.251. The molecule has 0 aliphatic carbocycles. The first kappa shape index (κ1) is 23.0. The predicted octanol–water partition coefficient (Wildman–Crippen LogP) is 2.30. The van der Waals surface area contributed by atoms with Gasteiger partial charge < -0.3 is 29.2 Å². The summed E-state index contributed by atoms with van der Waals surface area (Å²) in [6.45, 7) is 4.43. The third-order valence-corrected chi connectivity index (χ3v) is 4.60. The fourth-order valence-electron chi connectivity index (χ4n) is 3.13. The Morgan fingerprint density at radius 1 is 1.10 bits per heavy atom. The van der Waals surface area contributed by atoms with E-state index >= 15 is 0 Å². The molecule has 0 radical (unpaired) electrons. The van der Waals surface area contributed by atoms with Gasteiger partial charge in [0.1, 0.15) is 5.75 Å². The molecule has 2 heterocycles. The lowest BCUT2D eigenvalue weighted by Gasteiger charge is -2.21. The molecule has 1 amide bonds. The number of hydrogen-bond donors (Lipinski definition) is 2. The van der Waals surface area contributed by atoms with Gasteiger partial charge in [-0.3, -0.25) is 9.59 Å². The zero-order chi connectivity index (χ0) is 21.8. The lowest BCUT2D eigenvalue weighted by atomic mass is 10.2. The number of aromatic carboxylic acids is 1. The highest BCUT2D eigenvalue weighted by atomic mass is 16.5. The molecule has 1 fully saturated rings. The van der Waals surface area contributed by atoms with Crippen LogP contribution < -0.4 is 4.74 Å². The molecule has 9 heteroatoms. The van der Waals surface area contributed by atoms with Crippen LogP contribution in [-0.2, 0) is 4.79 Å². The fraction of sp³-hybridized carbons (Fsp3) is 0.381. The summed E-state index contributed by atoms with van der Waals surface area (Å²) in [7, 11) is 0. The highest BCUT2D eigenvalue weighted by Crippen LogP contribution is 2.13. The van der Waals surface area contributed by atoms with E-state index in [-0.39, 0.29) is 17.9 Å². The lowest BCUT2D eigenvalue weighted by Crippen LogP contribution is -2.35. The van der Waals surface area contributed by atoms with E-state index in [4.69, 9.17) is 24.2 Å². The van der Waals surface area contributed by atoms with Crippen LogP contribution in [0.25, 0.3) is 0 Å². The molecule has 0 unspecified atom stereocenters. The van der Waals surface area contributed by atoms with Crippen LogP contribution in [0.1, 0.15) is 33.8 Å². The number of benzene rings is 1.